The molecular formula is C13H18N2O3S. The Kier molecular flexibility index (Phi) is 5.38. The van der Waals surface area contributed by atoms with E-state index < -0.39 is 0 Å². The summed E-state index contributed by atoms with van der Waals surface area (Å²) in [4.78, 5) is 4.23. The number of nitrogens with zero attached hydrogens (tertiary/aromatic N) is 1. The molecule has 19 heavy (non-hydrogen) atoms. The molecule has 2 N–H and O–H groups in total. The van der Waals surface area contributed by atoms with Crippen LogP contribution in [-0.2, 0) is 9.47 Å². The fourth-order valence-electron chi connectivity index (χ4n) is 1.65. The maximum atomic E-state index is 6.02. The summed E-state index contributed by atoms with van der Waals surface area (Å²) in [5, 5.41) is 0. The van der Waals surface area contributed by atoms with Crippen LogP contribution in [0.15, 0.2) is 17.6 Å². The molecule has 2 aromatic rings. The van der Waals surface area contributed by atoms with Crippen molar-refractivity contribution in [2.75, 3.05) is 39.3 Å². The first-order valence-corrected chi connectivity index (χ1v) is 7.02. The fourth-order valence-corrected chi connectivity index (χ4v) is 2.34. The number of hydrogen-bond donors (Lipinski definition) is 1. The SMILES string of the molecule is COCCOCCCOc1ccc2scnc2c1N. The molecule has 6 heteroatoms. The second-order valence-electron chi connectivity index (χ2n) is 3.98. The third-order valence-electron chi connectivity index (χ3n) is 2.62. The minimum Gasteiger partial charge on any atom is -0.491 e. The van der Waals surface area contributed by atoms with Gasteiger partial charge in [0.1, 0.15) is 17.0 Å². The molecule has 0 aliphatic rings. The number of methoxy groups -OCH3 is 1. The Labute approximate surface area is 116 Å². The number of hydrogen-bond acceptors (Lipinski definition) is 6. The van der Waals surface area contributed by atoms with Gasteiger partial charge in [0.25, 0.3) is 0 Å². The Bertz CT molecular complexity index is 516. The van der Waals surface area contributed by atoms with E-state index in [0.29, 0.717) is 37.9 Å². The summed E-state index contributed by atoms with van der Waals surface area (Å²) in [5.74, 6) is 0.690. The first kappa shape index (κ1) is 14.0. The van der Waals surface area contributed by atoms with Crippen LogP contribution in [0.5, 0.6) is 5.75 Å². The summed E-state index contributed by atoms with van der Waals surface area (Å²) in [6, 6.07) is 3.87. The predicted molar refractivity (Wildman–Crippen MR) is 76.8 cm³/mol. The van der Waals surface area contributed by atoms with Crippen molar-refractivity contribution in [2.45, 2.75) is 6.42 Å². The summed E-state index contributed by atoms with van der Waals surface area (Å²) in [6.07, 6.45) is 0.818. The second kappa shape index (κ2) is 7.28. The van der Waals surface area contributed by atoms with Crippen LogP contribution in [0.3, 0.4) is 0 Å². The van der Waals surface area contributed by atoms with Gasteiger partial charge >= 0.3 is 0 Å². The lowest BCUT2D eigenvalue weighted by Gasteiger charge is -2.09. The largest absolute Gasteiger partial charge is 0.491 e. The zero-order chi connectivity index (χ0) is 13.5. The second-order valence-corrected chi connectivity index (χ2v) is 4.87. The molecular weight excluding hydrogens is 264 g/mol. The standard InChI is InChI=1S/C13H18N2O3S/c1-16-7-8-17-5-2-6-18-10-3-4-11-13(12(10)14)15-9-19-11/h3-4,9H,2,5-8,14H2,1H3. The molecule has 1 heterocycles. The van der Waals surface area contributed by atoms with Gasteiger partial charge < -0.3 is 19.9 Å². The van der Waals surface area contributed by atoms with Crippen molar-refractivity contribution in [2.24, 2.45) is 0 Å². The molecule has 0 aliphatic carbocycles. The molecule has 2 rings (SSSR count). The van der Waals surface area contributed by atoms with Crippen molar-refractivity contribution in [3.05, 3.63) is 17.6 Å². The van der Waals surface area contributed by atoms with Gasteiger partial charge in [-0.3, -0.25) is 0 Å². The molecule has 0 spiro atoms. The van der Waals surface area contributed by atoms with Crippen molar-refractivity contribution in [3.63, 3.8) is 0 Å². The van der Waals surface area contributed by atoms with Gasteiger partial charge in [-0.15, -0.1) is 11.3 Å². The Hall–Kier alpha value is -1.37. The molecule has 0 atom stereocenters. The monoisotopic (exact) mass is 282 g/mol. The summed E-state index contributed by atoms with van der Waals surface area (Å²) in [6.45, 7) is 2.47. The minimum atomic E-state index is 0.576. The molecule has 0 saturated carbocycles. The molecule has 104 valence electrons. The average Bonchev–Trinajstić information content (AvgIpc) is 2.89. The number of aromatic nitrogens is 1. The summed E-state index contributed by atoms with van der Waals surface area (Å²) < 4.78 is 17.0. The fraction of sp³-hybridized carbons (Fsp3) is 0.462. The van der Waals surface area contributed by atoms with Crippen molar-refractivity contribution >= 4 is 27.2 Å². The lowest BCUT2D eigenvalue weighted by Crippen LogP contribution is -2.07. The number of thiazole rings is 1. The van der Waals surface area contributed by atoms with Gasteiger partial charge in [-0.05, 0) is 12.1 Å². The minimum absolute atomic E-state index is 0.576. The molecule has 0 radical (unpaired) electrons. The molecule has 0 aliphatic heterocycles. The van der Waals surface area contributed by atoms with Crippen LogP contribution >= 0.6 is 11.3 Å². The zero-order valence-electron chi connectivity index (χ0n) is 10.9. The predicted octanol–water partition coefficient (Wildman–Crippen LogP) is 2.31. The average molecular weight is 282 g/mol. The normalized spacial score (nSPS) is 11.0. The summed E-state index contributed by atoms with van der Waals surface area (Å²) in [7, 11) is 1.66. The lowest BCUT2D eigenvalue weighted by molar-refractivity contribution is 0.0645. The third kappa shape index (κ3) is 3.79. The van der Waals surface area contributed by atoms with Gasteiger partial charge in [0.05, 0.1) is 30.0 Å². The molecule has 1 aromatic carbocycles. The topological polar surface area (TPSA) is 66.6 Å². The number of rotatable bonds is 8. The van der Waals surface area contributed by atoms with E-state index in [0.717, 1.165) is 16.6 Å². The highest BCUT2D eigenvalue weighted by molar-refractivity contribution is 7.16. The molecule has 0 fully saturated rings. The Morgan fingerprint density at radius 2 is 2.11 bits per heavy atom. The van der Waals surface area contributed by atoms with Crippen LogP contribution < -0.4 is 10.5 Å². The highest BCUT2D eigenvalue weighted by Crippen LogP contribution is 2.31. The molecule has 0 unspecified atom stereocenters. The van der Waals surface area contributed by atoms with Gasteiger partial charge in [0.15, 0.2) is 0 Å². The number of benzene rings is 1. The number of fused-ring (bicyclic) bond motifs is 1. The van der Waals surface area contributed by atoms with Gasteiger partial charge in [0, 0.05) is 20.1 Å². The van der Waals surface area contributed by atoms with Crippen LogP contribution in [0.4, 0.5) is 5.69 Å². The Balaban J connectivity index is 1.77. The highest BCUT2D eigenvalue weighted by atomic mass is 32.1. The molecule has 0 saturated heterocycles. The summed E-state index contributed by atoms with van der Waals surface area (Å²) >= 11 is 1.57. The first-order valence-electron chi connectivity index (χ1n) is 6.14. The molecule has 1 aromatic heterocycles. The van der Waals surface area contributed by atoms with E-state index in [4.69, 9.17) is 19.9 Å². The van der Waals surface area contributed by atoms with Crippen molar-refractivity contribution < 1.29 is 14.2 Å². The van der Waals surface area contributed by atoms with Gasteiger partial charge in [-0.25, -0.2) is 4.98 Å². The van der Waals surface area contributed by atoms with Crippen LogP contribution in [0, 0.1) is 0 Å². The van der Waals surface area contributed by atoms with E-state index in [1.807, 2.05) is 12.1 Å². The zero-order valence-corrected chi connectivity index (χ0v) is 11.7. The van der Waals surface area contributed by atoms with E-state index in [2.05, 4.69) is 4.98 Å². The maximum Gasteiger partial charge on any atom is 0.144 e. The quantitative estimate of drug-likeness (QED) is 0.594. The third-order valence-corrected chi connectivity index (χ3v) is 3.42. The van der Waals surface area contributed by atoms with E-state index in [-0.39, 0.29) is 0 Å². The number of anilines is 1. The smallest absolute Gasteiger partial charge is 0.144 e. The first-order chi connectivity index (χ1) is 9.33. The number of ether oxygens (including phenoxy) is 3. The van der Waals surface area contributed by atoms with E-state index >= 15 is 0 Å². The highest BCUT2D eigenvalue weighted by Gasteiger charge is 2.07. The summed E-state index contributed by atoms with van der Waals surface area (Å²) in [5.41, 5.74) is 9.23. The maximum absolute atomic E-state index is 6.02. The number of nitrogen functional groups attached to an aromatic ring is 1. The van der Waals surface area contributed by atoms with E-state index in [9.17, 15) is 0 Å². The van der Waals surface area contributed by atoms with Crippen molar-refractivity contribution in [3.8, 4) is 5.75 Å². The lowest BCUT2D eigenvalue weighted by atomic mass is 10.2. The van der Waals surface area contributed by atoms with Crippen LogP contribution in [0.1, 0.15) is 6.42 Å². The van der Waals surface area contributed by atoms with E-state index in [1.165, 1.54) is 0 Å². The molecule has 0 bridgehead atoms. The number of nitrogens with two attached hydrogens (primary N) is 1. The molecule has 5 nitrogen and oxygen atoms in total. The molecule has 0 amide bonds. The van der Waals surface area contributed by atoms with Crippen molar-refractivity contribution in [1.29, 1.82) is 0 Å². The van der Waals surface area contributed by atoms with E-state index in [1.54, 1.807) is 24.0 Å². The van der Waals surface area contributed by atoms with Gasteiger partial charge in [0.2, 0.25) is 0 Å². The van der Waals surface area contributed by atoms with Gasteiger partial charge in [-0.2, -0.15) is 0 Å². The van der Waals surface area contributed by atoms with Crippen LogP contribution in [0.25, 0.3) is 10.2 Å². The Morgan fingerprint density at radius 1 is 1.21 bits per heavy atom. The van der Waals surface area contributed by atoms with Crippen LogP contribution in [-0.4, -0.2) is 38.5 Å². The van der Waals surface area contributed by atoms with Gasteiger partial charge in [-0.1, -0.05) is 0 Å². The van der Waals surface area contributed by atoms with Crippen LogP contribution in [0.2, 0.25) is 0 Å². The Morgan fingerprint density at radius 3 is 2.95 bits per heavy atom. The van der Waals surface area contributed by atoms with Crippen molar-refractivity contribution in [1.82, 2.24) is 4.98 Å².